The van der Waals surface area contributed by atoms with Gasteiger partial charge in [-0.1, -0.05) is 6.07 Å². The zero-order chi connectivity index (χ0) is 13.3. The maximum Gasteiger partial charge on any atom is 0.272 e. The summed E-state index contributed by atoms with van der Waals surface area (Å²) in [5.41, 5.74) is 2.48. The van der Waals surface area contributed by atoms with Crippen LogP contribution in [0.2, 0.25) is 0 Å². The number of halogens is 2. The third-order valence-electron chi connectivity index (χ3n) is 2.57. The number of carbonyl (C=O) groups excluding carboxylic acids is 1. The van der Waals surface area contributed by atoms with Crippen molar-refractivity contribution in [2.45, 2.75) is 6.92 Å². The summed E-state index contributed by atoms with van der Waals surface area (Å²) < 4.78 is 3.54. The van der Waals surface area contributed by atoms with Gasteiger partial charge in [0.1, 0.15) is 5.69 Å². The number of nitrogens with zero attached hydrogens (tertiary/aromatic N) is 1. The van der Waals surface area contributed by atoms with Gasteiger partial charge in [-0.2, -0.15) is 0 Å². The van der Waals surface area contributed by atoms with E-state index in [0.717, 1.165) is 20.2 Å². The van der Waals surface area contributed by atoms with Gasteiger partial charge in [0.05, 0.1) is 5.69 Å². The minimum atomic E-state index is -0.130. The molecule has 0 unspecified atom stereocenters. The fraction of sp³-hybridized carbons (Fsp3) is 0.154. The number of amides is 1. The Labute approximate surface area is 122 Å². The van der Waals surface area contributed by atoms with Gasteiger partial charge in [0, 0.05) is 22.2 Å². The van der Waals surface area contributed by atoms with E-state index in [-0.39, 0.29) is 5.91 Å². The molecule has 1 aromatic carbocycles. The summed E-state index contributed by atoms with van der Waals surface area (Å²) in [4.78, 5) is 12.1. The molecule has 1 N–H and O–H groups in total. The minimum Gasteiger partial charge on any atom is -0.345 e. The van der Waals surface area contributed by atoms with Crippen LogP contribution in [0.25, 0.3) is 0 Å². The lowest BCUT2D eigenvalue weighted by atomic mass is 10.2. The second-order valence-electron chi connectivity index (χ2n) is 4.09. The summed E-state index contributed by atoms with van der Waals surface area (Å²) in [7, 11) is 1.84. The quantitative estimate of drug-likeness (QED) is 0.846. The molecule has 0 aliphatic heterocycles. The van der Waals surface area contributed by atoms with Crippen molar-refractivity contribution < 1.29 is 4.79 Å². The van der Waals surface area contributed by atoms with Gasteiger partial charge in [0.2, 0.25) is 0 Å². The van der Waals surface area contributed by atoms with E-state index in [1.807, 2.05) is 38.4 Å². The normalized spacial score (nSPS) is 10.4. The molecular formula is C13H12Br2N2O. The van der Waals surface area contributed by atoms with Crippen LogP contribution in [0.15, 0.2) is 39.4 Å². The molecule has 0 saturated carbocycles. The molecule has 0 bridgehead atoms. The fourth-order valence-electron chi connectivity index (χ4n) is 1.67. The molecule has 1 heterocycles. The summed E-state index contributed by atoms with van der Waals surface area (Å²) in [6, 6.07) is 7.63. The highest BCUT2D eigenvalue weighted by molar-refractivity contribution is 9.10. The molecule has 0 atom stereocenters. The van der Waals surface area contributed by atoms with Gasteiger partial charge in [-0.3, -0.25) is 4.79 Å². The number of nitrogens with one attached hydrogen (secondary N) is 1. The summed E-state index contributed by atoms with van der Waals surface area (Å²) in [6.07, 6.45) is 1.85. The number of anilines is 1. The predicted octanol–water partition coefficient (Wildman–Crippen LogP) is 4.11. The Bertz CT molecular complexity index is 605. The Morgan fingerprint density at radius 2 is 2.00 bits per heavy atom. The molecular weight excluding hydrogens is 360 g/mol. The van der Waals surface area contributed by atoms with Crippen LogP contribution in [-0.4, -0.2) is 10.5 Å². The third kappa shape index (κ3) is 2.84. The topological polar surface area (TPSA) is 34.0 Å². The van der Waals surface area contributed by atoms with E-state index in [0.29, 0.717) is 5.69 Å². The summed E-state index contributed by atoms with van der Waals surface area (Å²) in [5, 5.41) is 2.89. The van der Waals surface area contributed by atoms with Gasteiger partial charge in [-0.05, 0) is 62.5 Å². The van der Waals surface area contributed by atoms with Crippen molar-refractivity contribution in [3.05, 3.63) is 50.7 Å². The molecule has 0 aliphatic rings. The molecule has 2 rings (SSSR count). The molecule has 0 radical (unpaired) electrons. The lowest BCUT2D eigenvalue weighted by Crippen LogP contribution is -2.15. The average molecular weight is 372 g/mol. The van der Waals surface area contributed by atoms with Crippen LogP contribution in [0.4, 0.5) is 5.69 Å². The predicted molar refractivity (Wildman–Crippen MR) is 79.9 cm³/mol. The Balaban J connectivity index is 2.26. The van der Waals surface area contributed by atoms with E-state index >= 15 is 0 Å². The molecule has 5 heteroatoms. The first-order valence-electron chi connectivity index (χ1n) is 5.37. The minimum absolute atomic E-state index is 0.130. The monoisotopic (exact) mass is 370 g/mol. The maximum absolute atomic E-state index is 12.1. The van der Waals surface area contributed by atoms with Crippen molar-refractivity contribution in [1.82, 2.24) is 4.57 Å². The third-order valence-corrected chi connectivity index (χ3v) is 3.70. The molecule has 18 heavy (non-hydrogen) atoms. The number of aryl methyl sites for hydroxylation is 2. The van der Waals surface area contributed by atoms with E-state index in [2.05, 4.69) is 37.2 Å². The summed E-state index contributed by atoms with van der Waals surface area (Å²) in [5.74, 6) is -0.130. The Morgan fingerprint density at radius 3 is 2.61 bits per heavy atom. The largest absolute Gasteiger partial charge is 0.345 e. The number of hydrogen-bond donors (Lipinski definition) is 1. The second kappa shape index (κ2) is 5.28. The van der Waals surface area contributed by atoms with Crippen LogP contribution in [0.1, 0.15) is 16.1 Å². The van der Waals surface area contributed by atoms with E-state index in [9.17, 15) is 4.79 Å². The molecule has 0 spiro atoms. The lowest BCUT2D eigenvalue weighted by molar-refractivity contribution is 0.101. The molecule has 2 aromatic rings. The van der Waals surface area contributed by atoms with Crippen molar-refractivity contribution in [2.24, 2.45) is 7.05 Å². The average Bonchev–Trinajstić information content (AvgIpc) is 2.63. The van der Waals surface area contributed by atoms with Crippen LogP contribution in [-0.2, 0) is 7.05 Å². The fourth-order valence-corrected chi connectivity index (χ4v) is 2.54. The Kier molecular flexibility index (Phi) is 3.92. The number of rotatable bonds is 2. The van der Waals surface area contributed by atoms with Crippen LogP contribution in [0.5, 0.6) is 0 Å². The van der Waals surface area contributed by atoms with Crippen molar-refractivity contribution >= 4 is 43.5 Å². The van der Waals surface area contributed by atoms with Gasteiger partial charge in [0.25, 0.3) is 5.91 Å². The molecule has 3 nitrogen and oxygen atoms in total. The lowest BCUT2D eigenvalue weighted by Gasteiger charge is -2.08. The van der Waals surface area contributed by atoms with Crippen molar-refractivity contribution in [2.75, 3.05) is 5.32 Å². The summed E-state index contributed by atoms with van der Waals surface area (Å²) in [6.45, 7) is 1.99. The Morgan fingerprint density at radius 1 is 1.28 bits per heavy atom. The second-order valence-corrected chi connectivity index (χ2v) is 5.86. The number of hydrogen-bond acceptors (Lipinski definition) is 1. The van der Waals surface area contributed by atoms with Gasteiger partial charge in [-0.25, -0.2) is 0 Å². The molecule has 0 saturated heterocycles. The zero-order valence-electron chi connectivity index (χ0n) is 10.00. The van der Waals surface area contributed by atoms with Crippen LogP contribution in [0, 0.1) is 6.92 Å². The van der Waals surface area contributed by atoms with Gasteiger partial charge >= 0.3 is 0 Å². The molecule has 1 aromatic heterocycles. The highest BCUT2D eigenvalue weighted by atomic mass is 79.9. The number of aromatic nitrogens is 1. The first-order valence-corrected chi connectivity index (χ1v) is 6.95. The van der Waals surface area contributed by atoms with Crippen molar-refractivity contribution in [3.63, 3.8) is 0 Å². The standard InChI is InChI=1S/C13H12Br2N2O/c1-8-3-4-10(15)11(5-8)16-13(18)12-6-9(14)7-17(12)2/h3-7H,1-2H3,(H,16,18). The molecule has 1 amide bonds. The van der Waals surface area contributed by atoms with Crippen molar-refractivity contribution in [3.8, 4) is 0 Å². The van der Waals surface area contributed by atoms with Gasteiger partial charge < -0.3 is 9.88 Å². The Hall–Kier alpha value is -1.07. The highest BCUT2D eigenvalue weighted by Gasteiger charge is 2.12. The number of carbonyl (C=O) groups is 1. The summed E-state index contributed by atoms with van der Waals surface area (Å²) >= 11 is 6.78. The first kappa shape index (κ1) is 13.4. The highest BCUT2D eigenvalue weighted by Crippen LogP contribution is 2.24. The van der Waals surface area contributed by atoms with E-state index in [1.54, 1.807) is 10.6 Å². The molecule has 94 valence electrons. The van der Waals surface area contributed by atoms with E-state index < -0.39 is 0 Å². The SMILES string of the molecule is Cc1ccc(Br)c(NC(=O)c2cc(Br)cn2C)c1. The zero-order valence-corrected chi connectivity index (χ0v) is 13.2. The smallest absolute Gasteiger partial charge is 0.272 e. The van der Waals surface area contributed by atoms with Gasteiger partial charge in [0.15, 0.2) is 0 Å². The van der Waals surface area contributed by atoms with Crippen molar-refractivity contribution in [1.29, 1.82) is 0 Å². The van der Waals surface area contributed by atoms with Crippen LogP contribution in [0.3, 0.4) is 0 Å². The van der Waals surface area contributed by atoms with E-state index in [1.165, 1.54) is 0 Å². The first-order chi connectivity index (χ1) is 8.47. The maximum atomic E-state index is 12.1. The molecule has 0 fully saturated rings. The van der Waals surface area contributed by atoms with E-state index in [4.69, 9.17) is 0 Å². The molecule has 0 aliphatic carbocycles. The van der Waals surface area contributed by atoms with Gasteiger partial charge in [-0.15, -0.1) is 0 Å². The van der Waals surface area contributed by atoms with Crippen LogP contribution >= 0.6 is 31.9 Å². The number of benzene rings is 1. The van der Waals surface area contributed by atoms with Crippen LogP contribution < -0.4 is 5.32 Å².